The Morgan fingerprint density at radius 1 is 1.26 bits per heavy atom. The van der Waals surface area contributed by atoms with E-state index in [4.69, 9.17) is 4.74 Å². The maximum absolute atomic E-state index is 12.9. The maximum atomic E-state index is 12.9. The second kappa shape index (κ2) is 8.68. The summed E-state index contributed by atoms with van der Waals surface area (Å²) >= 11 is 0. The third kappa shape index (κ3) is 4.51. The lowest BCUT2D eigenvalue weighted by atomic mass is 10.1. The van der Waals surface area contributed by atoms with E-state index in [0.29, 0.717) is 44.5 Å². The molecule has 7 nitrogen and oxygen atoms in total. The van der Waals surface area contributed by atoms with E-state index < -0.39 is 10.0 Å². The molecule has 2 heterocycles. The summed E-state index contributed by atoms with van der Waals surface area (Å²) in [7, 11) is -3.61. The highest BCUT2D eigenvalue weighted by Gasteiger charge is 2.28. The third-order valence-corrected chi connectivity index (χ3v) is 7.36. The Morgan fingerprint density at radius 2 is 2.00 bits per heavy atom. The van der Waals surface area contributed by atoms with E-state index in [1.54, 1.807) is 12.1 Å². The molecule has 1 aromatic rings. The van der Waals surface area contributed by atoms with Gasteiger partial charge in [0.05, 0.1) is 18.1 Å². The molecule has 1 aromatic carbocycles. The van der Waals surface area contributed by atoms with Crippen LogP contribution < -0.4 is 5.32 Å². The summed E-state index contributed by atoms with van der Waals surface area (Å²) in [5.74, 6) is -0.213. The number of benzene rings is 1. The number of ether oxygens (including phenoxy) is 1. The molecule has 2 saturated heterocycles. The standard InChI is InChI=1S/C19H29N3O4S/c1-3-21-8-4-5-16(21)14-20-19(23)18-13-17(7-6-15(18)2)27(24,25)22-9-11-26-12-10-22/h6-7,13,16H,3-5,8-12,14H2,1-2H3,(H,20,23)/t16-/m1/s1. The Bertz CT molecular complexity index is 775. The molecule has 0 saturated carbocycles. The lowest BCUT2D eigenvalue weighted by molar-refractivity contribution is 0.0730. The molecule has 0 aromatic heterocycles. The number of hydrogen-bond donors (Lipinski definition) is 1. The van der Waals surface area contributed by atoms with Gasteiger partial charge in [0.1, 0.15) is 0 Å². The van der Waals surface area contributed by atoms with E-state index in [0.717, 1.165) is 31.5 Å². The second-order valence-corrected chi connectivity index (χ2v) is 9.07. The van der Waals surface area contributed by atoms with Crippen molar-refractivity contribution in [3.05, 3.63) is 29.3 Å². The number of carbonyl (C=O) groups excluding carboxylic acids is 1. The number of rotatable bonds is 6. The normalized spacial score (nSPS) is 22.1. The Labute approximate surface area is 161 Å². The highest BCUT2D eigenvalue weighted by molar-refractivity contribution is 7.89. The smallest absolute Gasteiger partial charge is 0.251 e. The first-order valence-corrected chi connectivity index (χ1v) is 11.1. The topological polar surface area (TPSA) is 79.0 Å². The molecule has 2 aliphatic rings. The van der Waals surface area contributed by atoms with Crippen LogP contribution in [0.15, 0.2) is 23.1 Å². The van der Waals surface area contributed by atoms with Crippen LogP contribution >= 0.6 is 0 Å². The van der Waals surface area contributed by atoms with Crippen molar-refractivity contribution in [2.24, 2.45) is 0 Å². The van der Waals surface area contributed by atoms with Gasteiger partial charge in [0, 0.05) is 31.2 Å². The SMILES string of the molecule is CCN1CCC[C@@H]1CNC(=O)c1cc(S(=O)(=O)N2CCOCC2)ccc1C. The zero-order valence-corrected chi connectivity index (χ0v) is 16.9. The minimum atomic E-state index is -3.61. The van der Waals surface area contributed by atoms with Gasteiger partial charge in [-0.05, 0) is 50.6 Å². The van der Waals surface area contributed by atoms with Crippen molar-refractivity contribution in [1.82, 2.24) is 14.5 Å². The summed E-state index contributed by atoms with van der Waals surface area (Å²) in [5, 5.41) is 3.00. The largest absolute Gasteiger partial charge is 0.379 e. The van der Waals surface area contributed by atoms with Crippen LogP contribution in [-0.2, 0) is 14.8 Å². The number of likely N-dealkylation sites (tertiary alicyclic amines) is 1. The Morgan fingerprint density at radius 3 is 2.70 bits per heavy atom. The van der Waals surface area contributed by atoms with E-state index >= 15 is 0 Å². The van der Waals surface area contributed by atoms with Gasteiger partial charge in [-0.1, -0.05) is 13.0 Å². The fraction of sp³-hybridized carbons (Fsp3) is 0.632. The van der Waals surface area contributed by atoms with Crippen molar-refractivity contribution in [1.29, 1.82) is 0 Å². The van der Waals surface area contributed by atoms with E-state index in [-0.39, 0.29) is 10.8 Å². The molecule has 1 amide bonds. The number of amides is 1. The molecule has 150 valence electrons. The first kappa shape index (κ1) is 20.3. The number of hydrogen-bond acceptors (Lipinski definition) is 5. The molecule has 0 aliphatic carbocycles. The van der Waals surface area contributed by atoms with Crippen LogP contribution in [-0.4, -0.2) is 75.5 Å². The summed E-state index contributed by atoms with van der Waals surface area (Å²) in [4.78, 5) is 15.2. The van der Waals surface area contributed by atoms with Gasteiger partial charge in [-0.3, -0.25) is 9.69 Å². The van der Waals surface area contributed by atoms with Gasteiger partial charge in [-0.25, -0.2) is 8.42 Å². The summed E-state index contributed by atoms with van der Waals surface area (Å²) in [6.07, 6.45) is 2.24. The minimum Gasteiger partial charge on any atom is -0.379 e. The summed E-state index contributed by atoms with van der Waals surface area (Å²) in [5.41, 5.74) is 1.19. The Balaban J connectivity index is 1.73. The summed E-state index contributed by atoms with van der Waals surface area (Å²) < 4.78 is 32.4. The number of likely N-dealkylation sites (N-methyl/N-ethyl adjacent to an activating group) is 1. The Hall–Kier alpha value is -1.48. The molecule has 3 rings (SSSR count). The lowest BCUT2D eigenvalue weighted by Crippen LogP contribution is -2.41. The quantitative estimate of drug-likeness (QED) is 0.784. The second-order valence-electron chi connectivity index (χ2n) is 7.13. The molecule has 1 N–H and O–H groups in total. The van der Waals surface area contributed by atoms with Crippen LogP contribution in [0.25, 0.3) is 0 Å². The van der Waals surface area contributed by atoms with Crippen molar-refractivity contribution >= 4 is 15.9 Å². The van der Waals surface area contributed by atoms with Crippen LogP contribution in [0.4, 0.5) is 0 Å². The van der Waals surface area contributed by atoms with E-state index in [9.17, 15) is 13.2 Å². The van der Waals surface area contributed by atoms with Crippen LogP contribution in [0.5, 0.6) is 0 Å². The monoisotopic (exact) mass is 395 g/mol. The fourth-order valence-electron chi connectivity index (χ4n) is 3.79. The van der Waals surface area contributed by atoms with Gasteiger partial charge in [-0.15, -0.1) is 0 Å². The third-order valence-electron chi connectivity index (χ3n) is 5.46. The number of carbonyl (C=O) groups is 1. The molecular formula is C19H29N3O4S. The van der Waals surface area contributed by atoms with E-state index in [2.05, 4.69) is 17.1 Å². The van der Waals surface area contributed by atoms with Crippen LogP contribution in [0.2, 0.25) is 0 Å². The number of nitrogens with one attached hydrogen (secondary N) is 1. The zero-order valence-electron chi connectivity index (χ0n) is 16.1. The molecule has 0 unspecified atom stereocenters. The van der Waals surface area contributed by atoms with Crippen LogP contribution in [0.3, 0.4) is 0 Å². The number of morpholine rings is 1. The number of sulfonamides is 1. The van der Waals surface area contributed by atoms with E-state index in [1.807, 2.05) is 6.92 Å². The molecule has 8 heteroatoms. The predicted octanol–water partition coefficient (Wildman–Crippen LogP) is 1.23. The average Bonchev–Trinajstić information content (AvgIpc) is 3.14. The number of aryl methyl sites for hydroxylation is 1. The van der Waals surface area contributed by atoms with Crippen molar-refractivity contribution in [2.75, 3.05) is 45.9 Å². The van der Waals surface area contributed by atoms with Gasteiger partial charge < -0.3 is 10.1 Å². The van der Waals surface area contributed by atoms with E-state index in [1.165, 1.54) is 10.4 Å². The van der Waals surface area contributed by atoms with Crippen LogP contribution in [0, 0.1) is 6.92 Å². The fourth-order valence-corrected chi connectivity index (χ4v) is 5.23. The average molecular weight is 396 g/mol. The molecule has 27 heavy (non-hydrogen) atoms. The molecule has 0 radical (unpaired) electrons. The lowest BCUT2D eigenvalue weighted by Gasteiger charge is -2.26. The Kier molecular flexibility index (Phi) is 6.52. The number of nitrogens with zero attached hydrogens (tertiary/aromatic N) is 2. The van der Waals surface area contributed by atoms with Gasteiger partial charge in [-0.2, -0.15) is 4.31 Å². The zero-order chi connectivity index (χ0) is 19.4. The van der Waals surface area contributed by atoms with Crippen molar-refractivity contribution < 1.29 is 17.9 Å². The summed E-state index contributed by atoms with van der Waals surface area (Å²) in [6.45, 7) is 8.07. The first-order valence-electron chi connectivity index (χ1n) is 9.64. The molecule has 0 spiro atoms. The molecule has 2 aliphatic heterocycles. The highest BCUT2D eigenvalue weighted by atomic mass is 32.2. The van der Waals surface area contributed by atoms with Gasteiger partial charge in [0.25, 0.3) is 5.91 Å². The van der Waals surface area contributed by atoms with Crippen molar-refractivity contribution in [3.63, 3.8) is 0 Å². The molecule has 1 atom stereocenters. The maximum Gasteiger partial charge on any atom is 0.251 e. The van der Waals surface area contributed by atoms with Crippen molar-refractivity contribution in [3.8, 4) is 0 Å². The summed E-state index contributed by atoms with van der Waals surface area (Å²) in [6, 6.07) is 5.14. The highest BCUT2D eigenvalue weighted by Crippen LogP contribution is 2.21. The molecular weight excluding hydrogens is 366 g/mol. The molecule has 2 fully saturated rings. The van der Waals surface area contributed by atoms with Gasteiger partial charge >= 0.3 is 0 Å². The minimum absolute atomic E-state index is 0.163. The van der Waals surface area contributed by atoms with Crippen molar-refractivity contribution in [2.45, 2.75) is 37.6 Å². The first-order chi connectivity index (χ1) is 12.9. The van der Waals surface area contributed by atoms with Crippen LogP contribution in [0.1, 0.15) is 35.7 Å². The van der Waals surface area contributed by atoms with Gasteiger partial charge in [0.2, 0.25) is 10.0 Å². The van der Waals surface area contributed by atoms with Gasteiger partial charge in [0.15, 0.2) is 0 Å². The predicted molar refractivity (Wildman–Crippen MR) is 103 cm³/mol. The molecule has 0 bridgehead atoms.